The van der Waals surface area contributed by atoms with Gasteiger partial charge in [0.1, 0.15) is 5.82 Å². The van der Waals surface area contributed by atoms with E-state index in [1.807, 2.05) is 0 Å². The molecule has 0 aliphatic carbocycles. The summed E-state index contributed by atoms with van der Waals surface area (Å²) in [5.74, 6) is 0.902. The van der Waals surface area contributed by atoms with Crippen LogP contribution in [0.1, 0.15) is 44.0 Å². The van der Waals surface area contributed by atoms with Gasteiger partial charge in [-0.1, -0.05) is 32.3 Å². The van der Waals surface area contributed by atoms with Gasteiger partial charge in [0.15, 0.2) is 0 Å². The lowest BCUT2D eigenvalue weighted by Gasteiger charge is -2.07. The molecule has 0 atom stereocenters. The molecule has 1 heterocycles. The molecule has 0 amide bonds. The van der Waals surface area contributed by atoms with Crippen molar-refractivity contribution in [3.63, 3.8) is 0 Å². The minimum Gasteiger partial charge on any atom is -0.327 e. The maximum absolute atomic E-state index is 8.93. The summed E-state index contributed by atoms with van der Waals surface area (Å²) < 4.78 is 2.22. The van der Waals surface area contributed by atoms with Crippen molar-refractivity contribution in [3.8, 4) is 6.07 Å². The van der Waals surface area contributed by atoms with E-state index < -0.39 is 0 Å². The first-order chi connectivity index (χ1) is 9.26. The van der Waals surface area contributed by atoms with E-state index in [9.17, 15) is 0 Å². The molecule has 0 aliphatic heterocycles. The normalized spacial score (nSPS) is 10.8. The van der Waals surface area contributed by atoms with Gasteiger partial charge >= 0.3 is 0 Å². The summed E-state index contributed by atoms with van der Waals surface area (Å²) in [6, 6.07) is 8.55. The zero-order valence-corrected chi connectivity index (χ0v) is 11.8. The van der Waals surface area contributed by atoms with Gasteiger partial charge in [-0.3, -0.25) is 0 Å². The average Bonchev–Trinajstić information content (AvgIpc) is 2.72. The Balaban J connectivity index is 2.27. The molecule has 0 N–H and O–H groups in total. The van der Waals surface area contributed by atoms with Crippen LogP contribution in [-0.4, -0.2) is 9.55 Å². The van der Waals surface area contributed by atoms with E-state index in [1.54, 1.807) is 0 Å². The summed E-state index contributed by atoms with van der Waals surface area (Å²) in [6.45, 7) is 5.26. The Morgan fingerprint density at radius 3 is 2.84 bits per heavy atom. The zero-order chi connectivity index (χ0) is 13.7. The molecule has 2 aromatic rings. The lowest BCUT2D eigenvalue weighted by atomic mass is 10.2. The highest BCUT2D eigenvalue weighted by Gasteiger charge is 2.10. The Kier molecular flexibility index (Phi) is 4.57. The first-order valence-electron chi connectivity index (χ1n) is 7.09. The van der Waals surface area contributed by atoms with E-state index in [1.165, 1.54) is 24.8 Å². The van der Waals surface area contributed by atoms with Gasteiger partial charge < -0.3 is 4.57 Å². The van der Waals surface area contributed by atoms with Crippen molar-refractivity contribution >= 4 is 11.0 Å². The number of fused-ring (bicyclic) bond motifs is 1. The van der Waals surface area contributed by atoms with Crippen molar-refractivity contribution in [3.05, 3.63) is 29.6 Å². The molecule has 0 unspecified atom stereocenters. The van der Waals surface area contributed by atoms with E-state index in [2.05, 4.69) is 47.7 Å². The summed E-state index contributed by atoms with van der Waals surface area (Å²) in [5.41, 5.74) is 3.39. The fraction of sp³-hybridized carbons (Fsp3) is 0.500. The van der Waals surface area contributed by atoms with Crippen LogP contribution in [0.25, 0.3) is 11.0 Å². The summed E-state index contributed by atoms with van der Waals surface area (Å²) in [6.07, 6.45) is 5.31. The fourth-order valence-electron chi connectivity index (χ4n) is 2.44. The summed E-state index contributed by atoms with van der Waals surface area (Å²) in [7, 11) is 0. The lowest BCUT2D eigenvalue weighted by molar-refractivity contribution is 0.579. The molecule has 0 radical (unpaired) electrons. The second-order valence-corrected chi connectivity index (χ2v) is 5.07. The van der Waals surface area contributed by atoms with Crippen LogP contribution < -0.4 is 0 Å². The number of nitrogens with zero attached hydrogens (tertiary/aromatic N) is 3. The van der Waals surface area contributed by atoms with Gasteiger partial charge in [-0.15, -0.1) is 0 Å². The number of rotatable bonds is 6. The number of unbranched alkanes of at least 4 members (excludes halogenated alkanes) is 3. The SMILES string of the molecule is CCCCCCn1c(CC#N)nc2cc(C)ccc21. The molecule has 1 aromatic heterocycles. The van der Waals surface area contributed by atoms with Gasteiger partial charge in [0.25, 0.3) is 0 Å². The van der Waals surface area contributed by atoms with E-state index in [0.29, 0.717) is 6.42 Å². The second kappa shape index (κ2) is 6.38. The monoisotopic (exact) mass is 255 g/mol. The Labute approximate surface area is 114 Å². The highest BCUT2D eigenvalue weighted by molar-refractivity contribution is 5.77. The number of benzene rings is 1. The van der Waals surface area contributed by atoms with E-state index in [-0.39, 0.29) is 0 Å². The minimum absolute atomic E-state index is 0.390. The van der Waals surface area contributed by atoms with Gasteiger partial charge in [0, 0.05) is 6.54 Å². The van der Waals surface area contributed by atoms with E-state index in [0.717, 1.165) is 29.8 Å². The number of nitriles is 1. The quantitative estimate of drug-likeness (QED) is 0.732. The van der Waals surface area contributed by atoms with Crippen LogP contribution in [0.5, 0.6) is 0 Å². The molecule has 3 heteroatoms. The Morgan fingerprint density at radius 1 is 1.26 bits per heavy atom. The van der Waals surface area contributed by atoms with Crippen LogP contribution in [0, 0.1) is 18.3 Å². The van der Waals surface area contributed by atoms with Crippen molar-refractivity contribution in [2.75, 3.05) is 0 Å². The summed E-state index contributed by atoms with van der Waals surface area (Å²) in [5, 5.41) is 8.93. The van der Waals surface area contributed by atoms with Crippen LogP contribution >= 0.6 is 0 Å². The van der Waals surface area contributed by atoms with Crippen LogP contribution in [0.4, 0.5) is 0 Å². The van der Waals surface area contributed by atoms with E-state index >= 15 is 0 Å². The van der Waals surface area contributed by atoms with E-state index in [4.69, 9.17) is 5.26 Å². The molecule has 0 saturated heterocycles. The molecular weight excluding hydrogens is 234 g/mol. The van der Waals surface area contributed by atoms with Crippen molar-refractivity contribution < 1.29 is 0 Å². The predicted octanol–water partition coefficient (Wildman–Crippen LogP) is 3.99. The Morgan fingerprint density at radius 2 is 2.11 bits per heavy atom. The molecule has 0 aliphatic rings. The second-order valence-electron chi connectivity index (χ2n) is 5.07. The largest absolute Gasteiger partial charge is 0.327 e. The number of aryl methyl sites for hydroxylation is 2. The molecule has 2 rings (SSSR count). The third-order valence-electron chi connectivity index (χ3n) is 3.46. The van der Waals surface area contributed by atoms with Gasteiger partial charge in [0.2, 0.25) is 0 Å². The highest BCUT2D eigenvalue weighted by atomic mass is 15.1. The molecule has 1 aromatic carbocycles. The summed E-state index contributed by atoms with van der Waals surface area (Å²) >= 11 is 0. The van der Waals surface area contributed by atoms with Crippen molar-refractivity contribution in [2.24, 2.45) is 0 Å². The van der Waals surface area contributed by atoms with Gasteiger partial charge in [-0.2, -0.15) is 5.26 Å². The van der Waals surface area contributed by atoms with Crippen LogP contribution in [0.2, 0.25) is 0 Å². The van der Waals surface area contributed by atoms with Crippen molar-refractivity contribution in [1.29, 1.82) is 5.26 Å². The van der Waals surface area contributed by atoms with Gasteiger partial charge in [0.05, 0.1) is 23.5 Å². The maximum Gasteiger partial charge on any atom is 0.124 e. The first kappa shape index (κ1) is 13.6. The molecule has 0 spiro atoms. The van der Waals surface area contributed by atoms with Gasteiger partial charge in [-0.25, -0.2) is 4.98 Å². The third kappa shape index (κ3) is 3.14. The van der Waals surface area contributed by atoms with Crippen LogP contribution in [-0.2, 0) is 13.0 Å². The highest BCUT2D eigenvalue weighted by Crippen LogP contribution is 2.19. The molecular formula is C16H21N3. The predicted molar refractivity (Wildman–Crippen MR) is 77.9 cm³/mol. The number of imidazole rings is 1. The fourth-order valence-corrected chi connectivity index (χ4v) is 2.44. The van der Waals surface area contributed by atoms with Gasteiger partial charge in [-0.05, 0) is 31.0 Å². The van der Waals surface area contributed by atoms with Crippen molar-refractivity contribution in [2.45, 2.75) is 52.5 Å². The molecule has 19 heavy (non-hydrogen) atoms. The number of hydrogen-bond donors (Lipinski definition) is 0. The third-order valence-corrected chi connectivity index (χ3v) is 3.46. The molecule has 100 valence electrons. The van der Waals surface area contributed by atoms with Crippen LogP contribution in [0.15, 0.2) is 18.2 Å². The average molecular weight is 255 g/mol. The van der Waals surface area contributed by atoms with Crippen LogP contribution in [0.3, 0.4) is 0 Å². The lowest BCUT2D eigenvalue weighted by Crippen LogP contribution is -2.03. The topological polar surface area (TPSA) is 41.6 Å². The Bertz CT molecular complexity index is 590. The molecule has 0 fully saturated rings. The molecule has 0 saturated carbocycles. The molecule has 0 bridgehead atoms. The Hall–Kier alpha value is -1.82. The van der Waals surface area contributed by atoms with Crippen molar-refractivity contribution in [1.82, 2.24) is 9.55 Å². The molecule has 3 nitrogen and oxygen atoms in total. The zero-order valence-electron chi connectivity index (χ0n) is 11.8. The smallest absolute Gasteiger partial charge is 0.124 e. The number of hydrogen-bond acceptors (Lipinski definition) is 2. The minimum atomic E-state index is 0.390. The first-order valence-corrected chi connectivity index (χ1v) is 7.09. The maximum atomic E-state index is 8.93. The standard InChI is InChI=1S/C16H21N3/c1-3-4-5-6-11-19-15-8-7-13(2)12-14(15)18-16(19)9-10-17/h7-8,12H,3-6,9,11H2,1-2H3. The summed E-state index contributed by atoms with van der Waals surface area (Å²) in [4.78, 5) is 4.60. The number of aromatic nitrogens is 2.